The molecule has 0 heterocycles. The summed E-state index contributed by atoms with van der Waals surface area (Å²) in [6, 6.07) is -1.04. The molecule has 0 spiro atoms. The van der Waals surface area contributed by atoms with Gasteiger partial charge in [0.15, 0.2) is 6.04 Å². The Labute approximate surface area is 110 Å². The quantitative estimate of drug-likeness (QED) is 0.174. The fourth-order valence-corrected chi connectivity index (χ4v) is 1.31. The largest absolute Gasteiger partial charge is 0.569 e. The van der Waals surface area contributed by atoms with Crippen LogP contribution in [0.5, 0.6) is 0 Å². The molecule has 0 aromatic rings. The van der Waals surface area contributed by atoms with E-state index < -0.39 is 24.8 Å². The Hall–Kier alpha value is -2.06. The number of carbonyl (C=O) groups is 2. The first kappa shape index (κ1) is 16.9. The second kappa shape index (κ2) is 8.11. The molecule has 19 heavy (non-hydrogen) atoms. The van der Waals surface area contributed by atoms with Crippen molar-refractivity contribution < 1.29 is 29.2 Å². The number of nitrogens with zero attached hydrogens (tertiary/aromatic N) is 3. The van der Waals surface area contributed by atoms with Gasteiger partial charge in [-0.2, -0.15) is 0 Å². The Morgan fingerprint density at radius 3 is 2.47 bits per heavy atom. The van der Waals surface area contributed by atoms with Gasteiger partial charge in [-0.15, -0.1) is 5.01 Å². The van der Waals surface area contributed by atoms with Crippen molar-refractivity contribution in [1.29, 1.82) is 0 Å². The molecule has 0 aliphatic rings. The van der Waals surface area contributed by atoms with Gasteiger partial charge < -0.3 is 19.9 Å². The van der Waals surface area contributed by atoms with E-state index in [2.05, 4.69) is 14.9 Å². The zero-order valence-corrected chi connectivity index (χ0v) is 11.4. The monoisotopic (exact) mass is 277 g/mol. The summed E-state index contributed by atoms with van der Waals surface area (Å²) in [5.74, 6) is -1.94. The summed E-state index contributed by atoms with van der Waals surface area (Å²) in [5, 5.41) is 24.4. The highest BCUT2D eigenvalue weighted by Crippen LogP contribution is 2.09. The van der Waals surface area contributed by atoms with Crippen LogP contribution >= 0.6 is 0 Å². The lowest BCUT2D eigenvalue weighted by Gasteiger charge is -2.22. The van der Waals surface area contributed by atoms with Crippen LogP contribution in [0.4, 0.5) is 0 Å². The van der Waals surface area contributed by atoms with Gasteiger partial charge in [-0.3, -0.25) is 4.79 Å². The van der Waals surface area contributed by atoms with Crippen LogP contribution < -0.4 is 0 Å². The lowest BCUT2D eigenvalue weighted by molar-refractivity contribution is -0.712. The molecule has 0 radical (unpaired) electrons. The third kappa shape index (κ3) is 5.89. The van der Waals surface area contributed by atoms with Crippen LogP contribution in [0.2, 0.25) is 0 Å². The Morgan fingerprint density at radius 2 is 2.05 bits per heavy atom. The van der Waals surface area contributed by atoms with E-state index in [1.807, 2.05) is 0 Å². The molecular weight excluding hydrogens is 258 g/mol. The maximum absolute atomic E-state index is 11.5. The minimum absolute atomic E-state index is 0.00142. The number of likely N-dealkylation sites (N-methyl/N-ethyl adjacent to an activating group) is 1. The number of ether oxygens (including phenoxy) is 1. The fourth-order valence-electron chi connectivity index (χ4n) is 1.31. The molecule has 0 aliphatic carbocycles. The molecule has 0 aliphatic heterocycles. The van der Waals surface area contributed by atoms with Crippen LogP contribution in [0.3, 0.4) is 0 Å². The molecule has 9 heteroatoms. The van der Waals surface area contributed by atoms with Gasteiger partial charge in [0.05, 0.1) is 12.0 Å². The van der Waals surface area contributed by atoms with E-state index in [0.29, 0.717) is 0 Å². The molecule has 0 aromatic carbocycles. The number of carboxylic acid groups (broad SMARTS) is 1. The Bertz CT molecular complexity index is 344. The van der Waals surface area contributed by atoms with Gasteiger partial charge in [0.2, 0.25) is 5.28 Å². The molecule has 110 valence electrons. The topological polar surface area (TPSA) is 114 Å². The molecule has 0 saturated carbocycles. The lowest BCUT2D eigenvalue weighted by Crippen LogP contribution is -2.45. The van der Waals surface area contributed by atoms with E-state index in [1.165, 1.54) is 7.05 Å². The SMILES string of the molecule is CCC(=O)OCON=[N+]([O-])N(C)[C@H](C(=O)O)C(C)C. The second-order valence-electron chi connectivity index (χ2n) is 4.05. The molecular formula is C10H19N3O6. The predicted octanol–water partition coefficient (Wildman–Crippen LogP) is 0.747. The van der Waals surface area contributed by atoms with Crippen molar-refractivity contribution in [3.05, 3.63) is 5.21 Å². The van der Waals surface area contributed by atoms with Crippen molar-refractivity contribution in [1.82, 2.24) is 5.01 Å². The summed E-state index contributed by atoms with van der Waals surface area (Å²) in [5.41, 5.74) is 0. The Morgan fingerprint density at radius 1 is 1.47 bits per heavy atom. The van der Waals surface area contributed by atoms with E-state index in [9.17, 15) is 14.8 Å². The van der Waals surface area contributed by atoms with Gasteiger partial charge in [0, 0.05) is 6.42 Å². The van der Waals surface area contributed by atoms with Gasteiger partial charge in [0.25, 0.3) is 6.79 Å². The molecule has 0 fully saturated rings. The molecule has 0 unspecified atom stereocenters. The number of esters is 1. The fraction of sp³-hybridized carbons (Fsp3) is 0.800. The average Bonchev–Trinajstić information content (AvgIpc) is 2.32. The highest BCUT2D eigenvalue weighted by Gasteiger charge is 2.31. The third-order valence-corrected chi connectivity index (χ3v) is 2.25. The number of hydrogen-bond donors (Lipinski definition) is 1. The average molecular weight is 277 g/mol. The molecule has 0 saturated heterocycles. The number of hydrogen-bond acceptors (Lipinski definition) is 6. The number of carbonyl (C=O) groups excluding carboxylic acids is 1. The van der Waals surface area contributed by atoms with Crippen molar-refractivity contribution in [2.75, 3.05) is 13.8 Å². The van der Waals surface area contributed by atoms with Crippen LogP contribution in [0.25, 0.3) is 0 Å². The summed E-state index contributed by atoms with van der Waals surface area (Å²) < 4.78 is 4.52. The first-order valence-corrected chi connectivity index (χ1v) is 5.72. The normalized spacial score (nSPS) is 13.0. The number of aliphatic carboxylic acids is 1. The van der Waals surface area contributed by atoms with Gasteiger partial charge in [-0.05, 0) is 5.92 Å². The van der Waals surface area contributed by atoms with Crippen LogP contribution in [-0.4, -0.2) is 46.9 Å². The highest BCUT2D eigenvalue weighted by atomic mass is 16.8. The predicted molar refractivity (Wildman–Crippen MR) is 62.4 cm³/mol. The van der Waals surface area contributed by atoms with Crippen LogP contribution in [-0.2, 0) is 19.2 Å². The van der Waals surface area contributed by atoms with Crippen LogP contribution in [0.1, 0.15) is 27.2 Å². The standard InChI is InChI=1S/C10H19N3O6/c1-5-8(14)18-6-19-11-13(17)12(4)9(7(2)3)10(15)16/h7,9H,5-6H2,1-4H3,(H,15,16)/t9-/m0/s1. The van der Waals surface area contributed by atoms with Crippen molar-refractivity contribution >= 4 is 11.9 Å². The molecule has 9 nitrogen and oxygen atoms in total. The summed E-state index contributed by atoms with van der Waals surface area (Å²) in [4.78, 5) is 26.2. The lowest BCUT2D eigenvalue weighted by atomic mass is 10.1. The number of rotatable bonds is 8. The molecule has 0 amide bonds. The van der Waals surface area contributed by atoms with Crippen LogP contribution in [0.15, 0.2) is 5.28 Å². The maximum Gasteiger partial charge on any atom is 0.332 e. The van der Waals surface area contributed by atoms with E-state index in [0.717, 1.165) is 5.01 Å². The molecule has 0 aromatic heterocycles. The maximum atomic E-state index is 11.5. The zero-order chi connectivity index (χ0) is 15.0. The molecule has 0 rings (SSSR count). The minimum atomic E-state index is -1.15. The van der Waals surface area contributed by atoms with Crippen molar-refractivity contribution in [2.45, 2.75) is 33.2 Å². The van der Waals surface area contributed by atoms with Crippen molar-refractivity contribution in [3.63, 3.8) is 0 Å². The van der Waals surface area contributed by atoms with E-state index in [4.69, 9.17) is 5.11 Å². The first-order valence-electron chi connectivity index (χ1n) is 5.72. The minimum Gasteiger partial charge on any atom is -0.569 e. The summed E-state index contributed by atoms with van der Waals surface area (Å²) in [7, 11) is 1.27. The molecule has 0 bridgehead atoms. The number of carboxylic acids is 1. The van der Waals surface area contributed by atoms with Gasteiger partial charge >= 0.3 is 11.9 Å². The van der Waals surface area contributed by atoms with Gasteiger partial charge in [0.1, 0.15) is 0 Å². The number of hydrazine groups is 1. The smallest absolute Gasteiger partial charge is 0.332 e. The van der Waals surface area contributed by atoms with Crippen molar-refractivity contribution in [2.24, 2.45) is 11.2 Å². The summed E-state index contributed by atoms with van der Waals surface area (Å²) in [6.45, 7) is 4.42. The Balaban J connectivity index is 4.41. The zero-order valence-electron chi connectivity index (χ0n) is 11.4. The van der Waals surface area contributed by atoms with E-state index >= 15 is 0 Å². The second-order valence-corrected chi connectivity index (χ2v) is 4.05. The first-order chi connectivity index (χ1) is 8.81. The van der Waals surface area contributed by atoms with Gasteiger partial charge in [-0.25, -0.2) is 4.79 Å². The third-order valence-electron chi connectivity index (χ3n) is 2.25. The molecule has 1 atom stereocenters. The summed E-state index contributed by atoms with van der Waals surface area (Å²) in [6.07, 6.45) is 0.179. The highest BCUT2D eigenvalue weighted by molar-refractivity contribution is 5.73. The van der Waals surface area contributed by atoms with Gasteiger partial charge in [-0.1, -0.05) is 20.8 Å². The summed E-state index contributed by atoms with van der Waals surface area (Å²) >= 11 is 0. The molecule has 1 N–H and O–H groups in total. The van der Waals surface area contributed by atoms with E-state index in [1.54, 1.807) is 20.8 Å². The van der Waals surface area contributed by atoms with Crippen LogP contribution in [0, 0.1) is 11.1 Å². The van der Waals surface area contributed by atoms with Crippen molar-refractivity contribution in [3.8, 4) is 0 Å². The van der Waals surface area contributed by atoms with E-state index in [-0.39, 0.29) is 17.3 Å². The Kier molecular flexibility index (Phi) is 7.23.